The van der Waals surface area contributed by atoms with Crippen LogP contribution in [0.2, 0.25) is 0 Å². The molecular formula is C16H29NO11. The molecule has 2 rings (SSSR count). The van der Waals surface area contributed by atoms with Crippen molar-refractivity contribution in [2.75, 3.05) is 27.6 Å². The summed E-state index contributed by atoms with van der Waals surface area (Å²) in [5, 5.41) is 40.3. The SMILES string of the molecule is COC1OC(C(=O)OCN)[C@@H](O[C@@H]2OC(CO)C(O)[C@H](OC)C2C)C(O)C1O. The molecule has 0 spiro atoms. The predicted octanol–water partition coefficient (Wildman–Crippen LogP) is -3.35. The average molecular weight is 411 g/mol. The highest BCUT2D eigenvalue weighted by atomic mass is 16.7. The van der Waals surface area contributed by atoms with E-state index >= 15 is 0 Å². The maximum Gasteiger partial charge on any atom is 0.339 e. The number of hydrogen-bond acceptors (Lipinski definition) is 12. The van der Waals surface area contributed by atoms with Gasteiger partial charge in [0, 0.05) is 20.1 Å². The van der Waals surface area contributed by atoms with Gasteiger partial charge in [-0.15, -0.1) is 0 Å². The monoisotopic (exact) mass is 411 g/mol. The molecule has 0 amide bonds. The average Bonchev–Trinajstić information content (AvgIpc) is 2.68. The van der Waals surface area contributed by atoms with Gasteiger partial charge < -0.3 is 48.8 Å². The van der Waals surface area contributed by atoms with Crippen LogP contribution in [0.15, 0.2) is 0 Å². The zero-order valence-electron chi connectivity index (χ0n) is 15.9. The number of esters is 1. The Labute approximate surface area is 162 Å². The molecule has 7 unspecified atom stereocenters. The van der Waals surface area contributed by atoms with Gasteiger partial charge in [0.1, 0.15) is 37.3 Å². The molecular weight excluding hydrogens is 382 g/mol. The Hall–Kier alpha value is -0.930. The van der Waals surface area contributed by atoms with E-state index in [4.69, 9.17) is 34.2 Å². The lowest BCUT2D eigenvalue weighted by Crippen LogP contribution is -2.64. The number of rotatable bonds is 7. The number of carbonyl (C=O) groups is 1. The number of ether oxygens (including phenoxy) is 6. The fourth-order valence-electron chi connectivity index (χ4n) is 3.41. The van der Waals surface area contributed by atoms with E-state index in [1.165, 1.54) is 14.2 Å². The highest BCUT2D eigenvalue weighted by Crippen LogP contribution is 2.33. The Morgan fingerprint density at radius 2 is 1.68 bits per heavy atom. The van der Waals surface area contributed by atoms with Gasteiger partial charge in [0.2, 0.25) is 0 Å². The first-order valence-corrected chi connectivity index (χ1v) is 8.84. The third kappa shape index (κ3) is 4.62. The Kier molecular flexibility index (Phi) is 8.51. The molecule has 12 nitrogen and oxygen atoms in total. The van der Waals surface area contributed by atoms with Crippen molar-refractivity contribution < 1.29 is 53.6 Å². The summed E-state index contributed by atoms with van der Waals surface area (Å²) in [6.07, 6.45) is -11.3. The van der Waals surface area contributed by atoms with E-state index < -0.39 is 80.5 Å². The van der Waals surface area contributed by atoms with E-state index in [1.54, 1.807) is 6.92 Å². The van der Waals surface area contributed by atoms with Gasteiger partial charge in [-0.1, -0.05) is 6.92 Å². The minimum absolute atomic E-state index is 0.428. The van der Waals surface area contributed by atoms with Crippen LogP contribution in [0, 0.1) is 5.92 Å². The van der Waals surface area contributed by atoms with Crippen LogP contribution in [0.25, 0.3) is 0 Å². The van der Waals surface area contributed by atoms with Gasteiger partial charge in [-0.3, -0.25) is 5.73 Å². The van der Waals surface area contributed by atoms with E-state index in [0.717, 1.165) is 0 Å². The molecule has 28 heavy (non-hydrogen) atoms. The fraction of sp³-hybridized carbons (Fsp3) is 0.938. The number of methoxy groups -OCH3 is 2. The Bertz CT molecular complexity index is 509. The summed E-state index contributed by atoms with van der Waals surface area (Å²) in [6.45, 7) is 0.722. The minimum Gasteiger partial charge on any atom is -0.448 e. The third-order valence-corrected chi connectivity index (χ3v) is 4.95. The van der Waals surface area contributed by atoms with Gasteiger partial charge in [-0.25, -0.2) is 4.79 Å². The molecule has 0 radical (unpaired) electrons. The number of aliphatic hydroxyl groups is 4. The van der Waals surface area contributed by atoms with Crippen LogP contribution in [-0.2, 0) is 33.2 Å². The molecule has 0 saturated carbocycles. The first-order valence-electron chi connectivity index (χ1n) is 8.84. The van der Waals surface area contributed by atoms with Gasteiger partial charge in [-0.05, 0) is 0 Å². The quantitative estimate of drug-likeness (QED) is 0.208. The van der Waals surface area contributed by atoms with E-state index in [-0.39, 0.29) is 0 Å². The van der Waals surface area contributed by atoms with Crippen LogP contribution in [0.4, 0.5) is 0 Å². The minimum atomic E-state index is -1.59. The first-order chi connectivity index (χ1) is 13.3. The summed E-state index contributed by atoms with van der Waals surface area (Å²) < 4.78 is 31.6. The van der Waals surface area contributed by atoms with Crippen LogP contribution in [0.3, 0.4) is 0 Å². The highest BCUT2D eigenvalue weighted by Gasteiger charge is 2.52. The number of aliphatic hydroxyl groups excluding tert-OH is 4. The molecule has 0 aromatic rings. The molecule has 2 fully saturated rings. The van der Waals surface area contributed by atoms with Gasteiger partial charge in [0.15, 0.2) is 18.7 Å². The predicted molar refractivity (Wildman–Crippen MR) is 89.4 cm³/mol. The van der Waals surface area contributed by atoms with Crippen molar-refractivity contribution in [1.29, 1.82) is 0 Å². The van der Waals surface area contributed by atoms with Crippen LogP contribution in [0.5, 0.6) is 0 Å². The Balaban J connectivity index is 2.24. The second-order valence-electron chi connectivity index (χ2n) is 6.65. The van der Waals surface area contributed by atoms with Gasteiger partial charge in [-0.2, -0.15) is 0 Å². The van der Waals surface area contributed by atoms with Crippen molar-refractivity contribution in [3.8, 4) is 0 Å². The van der Waals surface area contributed by atoms with Crippen LogP contribution >= 0.6 is 0 Å². The molecule has 0 bridgehead atoms. The van der Waals surface area contributed by atoms with Crippen molar-refractivity contribution in [2.24, 2.45) is 11.7 Å². The number of hydrogen-bond donors (Lipinski definition) is 5. The molecule has 164 valence electrons. The van der Waals surface area contributed by atoms with Crippen LogP contribution in [0.1, 0.15) is 6.92 Å². The van der Waals surface area contributed by atoms with E-state index in [1.807, 2.05) is 0 Å². The Morgan fingerprint density at radius 1 is 1.00 bits per heavy atom. The smallest absolute Gasteiger partial charge is 0.339 e. The Morgan fingerprint density at radius 3 is 2.21 bits per heavy atom. The van der Waals surface area contributed by atoms with Gasteiger partial charge >= 0.3 is 5.97 Å². The lowest BCUT2D eigenvalue weighted by Gasteiger charge is -2.46. The standard InChI is InChI=1S/C16H29NO11/c1-6-11(23-2)8(19)7(4-18)26-15(6)27-12-9(20)10(21)16(24-3)28-13(12)14(22)25-5-17/h6-13,15-16,18-21H,4-5,17H2,1-3H3/t6?,7?,8?,9?,10?,11-,12+,13?,15+,16?/m1/s1. The summed E-state index contributed by atoms with van der Waals surface area (Å²) in [5.41, 5.74) is 5.23. The van der Waals surface area contributed by atoms with Gasteiger partial charge in [0.25, 0.3) is 0 Å². The van der Waals surface area contributed by atoms with Crippen LogP contribution in [-0.4, -0.2) is 109 Å². The summed E-state index contributed by atoms with van der Waals surface area (Å²) in [6, 6.07) is 0. The molecule has 2 heterocycles. The third-order valence-electron chi connectivity index (χ3n) is 4.95. The molecule has 6 N–H and O–H groups in total. The molecule has 10 atom stereocenters. The summed E-state index contributed by atoms with van der Waals surface area (Å²) >= 11 is 0. The second kappa shape index (κ2) is 10.2. The van der Waals surface area contributed by atoms with E-state index in [2.05, 4.69) is 0 Å². The maximum atomic E-state index is 12.2. The zero-order valence-corrected chi connectivity index (χ0v) is 15.9. The topological polar surface area (TPSA) is 179 Å². The molecule has 12 heteroatoms. The number of nitrogens with two attached hydrogens (primary N) is 1. The lowest BCUT2D eigenvalue weighted by atomic mass is 9.91. The van der Waals surface area contributed by atoms with Crippen molar-refractivity contribution in [3.05, 3.63) is 0 Å². The van der Waals surface area contributed by atoms with Gasteiger partial charge in [0.05, 0.1) is 12.7 Å². The maximum absolute atomic E-state index is 12.2. The molecule has 0 aromatic carbocycles. The molecule has 2 aliphatic heterocycles. The van der Waals surface area contributed by atoms with E-state index in [0.29, 0.717) is 0 Å². The van der Waals surface area contributed by atoms with Crippen molar-refractivity contribution in [3.63, 3.8) is 0 Å². The molecule has 0 aliphatic carbocycles. The van der Waals surface area contributed by atoms with Crippen molar-refractivity contribution in [2.45, 2.75) is 62.2 Å². The zero-order chi connectivity index (χ0) is 21.0. The van der Waals surface area contributed by atoms with Crippen LogP contribution < -0.4 is 5.73 Å². The summed E-state index contributed by atoms with van der Waals surface area (Å²) in [5.74, 6) is -1.48. The summed E-state index contributed by atoms with van der Waals surface area (Å²) in [4.78, 5) is 12.2. The molecule has 0 aromatic heterocycles. The molecule has 2 saturated heterocycles. The molecule has 2 aliphatic rings. The fourth-order valence-corrected chi connectivity index (χ4v) is 3.41. The first kappa shape index (κ1) is 23.3. The summed E-state index contributed by atoms with van der Waals surface area (Å²) in [7, 11) is 2.62. The number of carbonyl (C=O) groups excluding carboxylic acids is 1. The second-order valence-corrected chi connectivity index (χ2v) is 6.65. The van der Waals surface area contributed by atoms with E-state index in [9.17, 15) is 25.2 Å². The highest BCUT2D eigenvalue weighted by molar-refractivity contribution is 5.75. The van der Waals surface area contributed by atoms with Crippen molar-refractivity contribution in [1.82, 2.24) is 0 Å². The van der Waals surface area contributed by atoms with Crippen molar-refractivity contribution >= 4 is 5.97 Å². The normalized spacial score (nSPS) is 44.3. The lowest BCUT2D eigenvalue weighted by molar-refractivity contribution is -0.345. The largest absolute Gasteiger partial charge is 0.448 e.